The summed E-state index contributed by atoms with van der Waals surface area (Å²) in [5.74, 6) is -0.773. The van der Waals surface area contributed by atoms with Crippen molar-refractivity contribution < 1.29 is 14.3 Å². The quantitative estimate of drug-likeness (QED) is 0.798. The molecule has 126 valence electrons. The number of para-hydroxylation sites is 1. The van der Waals surface area contributed by atoms with Gasteiger partial charge in [-0.2, -0.15) is 0 Å². The number of anilines is 1. The first kappa shape index (κ1) is 17.5. The van der Waals surface area contributed by atoms with Crippen LogP contribution in [0.25, 0.3) is 0 Å². The van der Waals surface area contributed by atoms with E-state index < -0.39 is 18.5 Å². The second kappa shape index (κ2) is 8.10. The van der Waals surface area contributed by atoms with Gasteiger partial charge < -0.3 is 15.0 Å². The van der Waals surface area contributed by atoms with Crippen LogP contribution in [0.5, 0.6) is 0 Å². The molecule has 6 heteroatoms. The van der Waals surface area contributed by atoms with E-state index in [0.29, 0.717) is 5.92 Å². The lowest BCUT2D eigenvalue weighted by Crippen LogP contribution is -2.22. The van der Waals surface area contributed by atoms with Crippen molar-refractivity contribution in [2.24, 2.45) is 0 Å². The average Bonchev–Trinajstić information content (AvgIpc) is 2.60. The minimum absolute atomic E-state index is 0.183. The van der Waals surface area contributed by atoms with Crippen LogP contribution in [0, 0.1) is 0 Å². The zero-order valence-electron chi connectivity index (χ0n) is 13.7. The molecule has 1 aromatic heterocycles. The number of H-pyrrole nitrogens is 1. The summed E-state index contributed by atoms with van der Waals surface area (Å²) in [6.45, 7) is 3.77. The third-order valence-corrected chi connectivity index (χ3v) is 3.73. The Morgan fingerprint density at radius 3 is 2.62 bits per heavy atom. The monoisotopic (exact) mass is 328 g/mol. The Bertz CT molecular complexity index is 762. The molecule has 0 saturated heterocycles. The van der Waals surface area contributed by atoms with Crippen LogP contribution < -0.4 is 10.9 Å². The molecule has 0 aliphatic carbocycles. The van der Waals surface area contributed by atoms with E-state index in [-0.39, 0.29) is 11.1 Å². The second-order valence-corrected chi connectivity index (χ2v) is 5.46. The Kier molecular flexibility index (Phi) is 5.89. The molecule has 2 aromatic rings. The summed E-state index contributed by atoms with van der Waals surface area (Å²) < 4.78 is 4.96. The van der Waals surface area contributed by atoms with Gasteiger partial charge in [0.1, 0.15) is 0 Å². The molecule has 0 saturated carbocycles. The molecule has 1 unspecified atom stereocenters. The number of aromatic amines is 1. The summed E-state index contributed by atoms with van der Waals surface area (Å²) in [5, 5.41) is 2.77. The van der Waals surface area contributed by atoms with E-state index in [1.807, 2.05) is 24.3 Å². The highest BCUT2D eigenvalue weighted by Crippen LogP contribution is 2.26. The minimum Gasteiger partial charge on any atom is -0.452 e. The number of carbonyl (C=O) groups is 2. The first-order chi connectivity index (χ1) is 11.5. The number of pyridine rings is 1. The van der Waals surface area contributed by atoms with Gasteiger partial charge in [0, 0.05) is 18.0 Å². The van der Waals surface area contributed by atoms with Gasteiger partial charge in [0.25, 0.3) is 5.91 Å². The SMILES string of the molecule is CCC(C)c1ccccc1NC(=O)COC(=O)c1ccc(=O)[nH]c1. The predicted octanol–water partition coefficient (Wildman–Crippen LogP) is 2.68. The number of amides is 1. The number of aromatic nitrogens is 1. The van der Waals surface area contributed by atoms with Crippen molar-refractivity contribution in [3.8, 4) is 0 Å². The molecule has 24 heavy (non-hydrogen) atoms. The number of rotatable bonds is 6. The zero-order chi connectivity index (χ0) is 17.5. The smallest absolute Gasteiger partial charge is 0.340 e. The first-order valence-corrected chi connectivity index (χ1v) is 7.76. The van der Waals surface area contributed by atoms with E-state index in [4.69, 9.17) is 4.74 Å². The van der Waals surface area contributed by atoms with Gasteiger partial charge in [0.05, 0.1) is 5.56 Å². The summed E-state index contributed by atoms with van der Waals surface area (Å²) in [6, 6.07) is 10.1. The number of hydrogen-bond acceptors (Lipinski definition) is 4. The van der Waals surface area contributed by atoms with Crippen molar-refractivity contribution in [3.63, 3.8) is 0 Å². The van der Waals surface area contributed by atoms with E-state index in [9.17, 15) is 14.4 Å². The van der Waals surface area contributed by atoms with Crippen molar-refractivity contribution in [1.29, 1.82) is 0 Å². The molecule has 0 aliphatic heterocycles. The molecule has 1 heterocycles. The Hall–Kier alpha value is -2.89. The Morgan fingerprint density at radius 1 is 1.21 bits per heavy atom. The summed E-state index contributed by atoms with van der Waals surface area (Å²) in [4.78, 5) is 37.2. The maximum atomic E-state index is 12.0. The van der Waals surface area contributed by atoms with Crippen molar-refractivity contribution in [1.82, 2.24) is 4.98 Å². The zero-order valence-corrected chi connectivity index (χ0v) is 13.7. The van der Waals surface area contributed by atoms with E-state index in [2.05, 4.69) is 24.1 Å². The fourth-order valence-corrected chi connectivity index (χ4v) is 2.20. The lowest BCUT2D eigenvalue weighted by molar-refractivity contribution is -0.119. The summed E-state index contributed by atoms with van der Waals surface area (Å²) >= 11 is 0. The molecular weight excluding hydrogens is 308 g/mol. The van der Waals surface area contributed by atoms with Crippen molar-refractivity contribution >= 4 is 17.6 Å². The van der Waals surface area contributed by atoms with Crippen LogP contribution in [0.1, 0.15) is 42.1 Å². The molecule has 6 nitrogen and oxygen atoms in total. The van der Waals surface area contributed by atoms with Crippen LogP contribution in [0.15, 0.2) is 47.4 Å². The van der Waals surface area contributed by atoms with Gasteiger partial charge >= 0.3 is 5.97 Å². The van der Waals surface area contributed by atoms with Crippen molar-refractivity contribution in [2.45, 2.75) is 26.2 Å². The van der Waals surface area contributed by atoms with Crippen LogP contribution in [-0.2, 0) is 9.53 Å². The highest BCUT2D eigenvalue weighted by Gasteiger charge is 2.13. The van der Waals surface area contributed by atoms with Gasteiger partial charge in [-0.05, 0) is 30.0 Å². The topological polar surface area (TPSA) is 88.3 Å². The maximum Gasteiger partial charge on any atom is 0.340 e. The van der Waals surface area contributed by atoms with Crippen LogP contribution in [0.4, 0.5) is 5.69 Å². The summed E-state index contributed by atoms with van der Waals surface area (Å²) in [7, 11) is 0. The predicted molar refractivity (Wildman–Crippen MR) is 91.1 cm³/mol. The number of carbonyl (C=O) groups excluding carboxylic acids is 2. The van der Waals surface area contributed by atoms with E-state index in [1.165, 1.54) is 18.3 Å². The highest BCUT2D eigenvalue weighted by atomic mass is 16.5. The van der Waals surface area contributed by atoms with E-state index in [1.54, 1.807) is 0 Å². The third-order valence-electron chi connectivity index (χ3n) is 3.73. The molecule has 0 bridgehead atoms. The lowest BCUT2D eigenvalue weighted by atomic mass is 9.97. The number of hydrogen-bond donors (Lipinski definition) is 2. The summed E-state index contributed by atoms with van der Waals surface area (Å²) in [6.07, 6.45) is 2.20. The number of esters is 1. The fraction of sp³-hybridized carbons (Fsp3) is 0.278. The number of ether oxygens (including phenoxy) is 1. The molecule has 1 atom stereocenters. The van der Waals surface area contributed by atoms with Gasteiger partial charge in [0.15, 0.2) is 6.61 Å². The largest absolute Gasteiger partial charge is 0.452 e. The average molecular weight is 328 g/mol. The maximum absolute atomic E-state index is 12.0. The molecule has 2 rings (SSSR count). The van der Waals surface area contributed by atoms with Crippen LogP contribution in [-0.4, -0.2) is 23.5 Å². The number of benzene rings is 1. The molecule has 0 radical (unpaired) electrons. The molecule has 0 aliphatic rings. The minimum atomic E-state index is -0.670. The molecule has 0 spiro atoms. The van der Waals surface area contributed by atoms with E-state index >= 15 is 0 Å². The first-order valence-electron chi connectivity index (χ1n) is 7.76. The lowest BCUT2D eigenvalue weighted by Gasteiger charge is -2.15. The van der Waals surface area contributed by atoms with E-state index in [0.717, 1.165) is 17.7 Å². The Morgan fingerprint density at radius 2 is 1.96 bits per heavy atom. The molecule has 1 aromatic carbocycles. The third kappa shape index (κ3) is 4.55. The van der Waals surface area contributed by atoms with Crippen LogP contribution in [0.3, 0.4) is 0 Å². The molecular formula is C18H20N2O4. The highest BCUT2D eigenvalue weighted by molar-refractivity contribution is 5.95. The van der Waals surface area contributed by atoms with Gasteiger partial charge in [-0.15, -0.1) is 0 Å². The van der Waals surface area contributed by atoms with Crippen molar-refractivity contribution in [2.75, 3.05) is 11.9 Å². The normalized spacial score (nSPS) is 11.6. The second-order valence-electron chi connectivity index (χ2n) is 5.46. The van der Waals surface area contributed by atoms with Crippen LogP contribution in [0.2, 0.25) is 0 Å². The van der Waals surface area contributed by atoms with Gasteiger partial charge in [-0.25, -0.2) is 4.79 Å². The van der Waals surface area contributed by atoms with Crippen LogP contribution >= 0.6 is 0 Å². The van der Waals surface area contributed by atoms with Gasteiger partial charge in [0.2, 0.25) is 5.56 Å². The molecule has 1 amide bonds. The van der Waals surface area contributed by atoms with Crippen molar-refractivity contribution in [3.05, 3.63) is 64.1 Å². The number of nitrogens with one attached hydrogen (secondary N) is 2. The Labute approximate surface area is 139 Å². The Balaban J connectivity index is 1.95. The molecule has 0 fully saturated rings. The summed E-state index contributed by atoms with van der Waals surface area (Å²) in [5.41, 5.74) is 1.63. The molecule has 2 N–H and O–H groups in total. The fourth-order valence-electron chi connectivity index (χ4n) is 2.20. The van der Waals surface area contributed by atoms with Gasteiger partial charge in [-0.1, -0.05) is 32.0 Å². The van der Waals surface area contributed by atoms with Gasteiger partial charge in [-0.3, -0.25) is 9.59 Å². The standard InChI is InChI=1S/C18H20N2O4/c1-3-12(2)14-6-4-5-7-15(14)20-17(22)11-24-18(23)13-8-9-16(21)19-10-13/h4-10,12H,3,11H2,1-2H3,(H,19,21)(H,20,22).